The molecule has 116 valence electrons. The Labute approximate surface area is 132 Å². The molecule has 2 aromatic rings. The number of amides is 1. The summed E-state index contributed by atoms with van der Waals surface area (Å²) in [5.41, 5.74) is 0.666. The SMILES string of the molecule is Cc1cc(=O)c(O)c(CNC(=O)CSc2ccccn2)n1C. The van der Waals surface area contributed by atoms with Gasteiger partial charge in [0.1, 0.15) is 0 Å². The van der Waals surface area contributed by atoms with E-state index < -0.39 is 5.43 Å². The smallest absolute Gasteiger partial charge is 0.230 e. The van der Waals surface area contributed by atoms with Crippen molar-refractivity contribution in [3.63, 3.8) is 0 Å². The number of rotatable bonds is 5. The maximum Gasteiger partial charge on any atom is 0.230 e. The average Bonchev–Trinajstić information content (AvgIpc) is 2.52. The number of nitrogens with zero attached hydrogens (tertiary/aromatic N) is 2. The number of aromatic nitrogens is 2. The first-order valence-electron chi connectivity index (χ1n) is 6.68. The Morgan fingerprint density at radius 2 is 2.23 bits per heavy atom. The monoisotopic (exact) mass is 319 g/mol. The third-order valence-corrected chi connectivity index (χ3v) is 4.17. The maximum atomic E-state index is 11.9. The van der Waals surface area contributed by atoms with Crippen molar-refractivity contribution in [1.82, 2.24) is 14.9 Å². The molecule has 0 bridgehead atoms. The van der Waals surface area contributed by atoms with Crippen molar-refractivity contribution in [2.75, 3.05) is 5.75 Å². The average molecular weight is 319 g/mol. The lowest BCUT2D eigenvalue weighted by molar-refractivity contribution is -0.118. The highest BCUT2D eigenvalue weighted by atomic mass is 32.2. The second-order valence-electron chi connectivity index (χ2n) is 4.74. The molecule has 0 fully saturated rings. The van der Waals surface area contributed by atoms with E-state index in [0.717, 1.165) is 10.7 Å². The first-order chi connectivity index (χ1) is 10.5. The van der Waals surface area contributed by atoms with Crippen molar-refractivity contribution >= 4 is 17.7 Å². The van der Waals surface area contributed by atoms with Crippen molar-refractivity contribution in [3.8, 4) is 5.75 Å². The molecule has 0 aliphatic heterocycles. The summed E-state index contributed by atoms with van der Waals surface area (Å²) >= 11 is 1.32. The molecule has 2 rings (SSSR count). The van der Waals surface area contributed by atoms with Gasteiger partial charge in [-0.25, -0.2) is 4.98 Å². The molecule has 0 saturated carbocycles. The molecule has 0 saturated heterocycles. The highest BCUT2D eigenvalue weighted by Crippen LogP contribution is 2.14. The van der Waals surface area contributed by atoms with Crippen LogP contribution < -0.4 is 10.7 Å². The molecule has 2 heterocycles. The van der Waals surface area contributed by atoms with E-state index >= 15 is 0 Å². The number of hydrogen-bond acceptors (Lipinski definition) is 5. The van der Waals surface area contributed by atoms with Crippen LogP contribution in [0, 0.1) is 6.92 Å². The van der Waals surface area contributed by atoms with Gasteiger partial charge in [0.05, 0.1) is 23.0 Å². The van der Waals surface area contributed by atoms with E-state index in [9.17, 15) is 14.7 Å². The normalized spacial score (nSPS) is 10.5. The van der Waals surface area contributed by atoms with Crippen LogP contribution in [-0.4, -0.2) is 26.3 Å². The van der Waals surface area contributed by atoms with Crippen molar-refractivity contribution in [2.24, 2.45) is 7.05 Å². The van der Waals surface area contributed by atoms with Gasteiger partial charge in [-0.15, -0.1) is 0 Å². The van der Waals surface area contributed by atoms with Gasteiger partial charge in [-0.1, -0.05) is 17.8 Å². The number of aromatic hydroxyl groups is 1. The number of carbonyl (C=O) groups is 1. The van der Waals surface area contributed by atoms with Crippen LogP contribution in [0.4, 0.5) is 0 Å². The number of carbonyl (C=O) groups excluding carboxylic acids is 1. The molecule has 0 aliphatic carbocycles. The highest BCUT2D eigenvalue weighted by molar-refractivity contribution is 7.99. The Bertz CT molecular complexity index is 729. The lowest BCUT2D eigenvalue weighted by atomic mass is 10.2. The predicted octanol–water partition coefficient (Wildman–Crippen LogP) is 1.20. The molecule has 1 amide bonds. The summed E-state index contributed by atoms with van der Waals surface area (Å²) in [6.07, 6.45) is 1.67. The fraction of sp³-hybridized carbons (Fsp3) is 0.267. The van der Waals surface area contributed by atoms with E-state index in [0.29, 0.717) is 5.69 Å². The fourth-order valence-corrected chi connectivity index (χ4v) is 2.57. The third kappa shape index (κ3) is 3.88. The van der Waals surface area contributed by atoms with Crippen molar-refractivity contribution in [1.29, 1.82) is 0 Å². The zero-order valence-electron chi connectivity index (χ0n) is 12.4. The molecule has 6 nitrogen and oxygen atoms in total. The summed E-state index contributed by atoms with van der Waals surface area (Å²) in [5, 5.41) is 13.3. The second kappa shape index (κ2) is 7.13. The van der Waals surface area contributed by atoms with E-state index in [-0.39, 0.29) is 24.0 Å². The lowest BCUT2D eigenvalue weighted by Crippen LogP contribution is -2.27. The third-order valence-electron chi connectivity index (χ3n) is 3.22. The van der Waals surface area contributed by atoms with Gasteiger partial charge in [-0.2, -0.15) is 0 Å². The van der Waals surface area contributed by atoms with Crippen LogP contribution >= 0.6 is 11.8 Å². The Balaban J connectivity index is 1.96. The Kier molecular flexibility index (Phi) is 5.21. The van der Waals surface area contributed by atoms with Gasteiger partial charge >= 0.3 is 0 Å². The zero-order valence-corrected chi connectivity index (χ0v) is 13.2. The zero-order chi connectivity index (χ0) is 16.1. The summed E-state index contributed by atoms with van der Waals surface area (Å²) in [6, 6.07) is 6.85. The molecular weight excluding hydrogens is 302 g/mol. The number of aryl methyl sites for hydroxylation is 1. The van der Waals surface area contributed by atoms with Gasteiger partial charge < -0.3 is 15.0 Å². The Morgan fingerprint density at radius 1 is 1.45 bits per heavy atom. The number of nitrogens with one attached hydrogen (secondary N) is 1. The van der Waals surface area contributed by atoms with Crippen molar-refractivity contribution < 1.29 is 9.90 Å². The minimum absolute atomic E-state index is 0.0981. The van der Waals surface area contributed by atoms with E-state index in [1.807, 2.05) is 18.2 Å². The van der Waals surface area contributed by atoms with Gasteiger partial charge in [-0.05, 0) is 19.1 Å². The number of thioether (sulfide) groups is 1. The Morgan fingerprint density at radius 3 is 2.91 bits per heavy atom. The number of pyridine rings is 2. The fourth-order valence-electron chi connectivity index (χ4n) is 1.88. The standard InChI is InChI=1S/C15H17N3O3S/c1-10-7-12(19)15(21)11(18(10)2)8-17-13(20)9-22-14-5-3-4-6-16-14/h3-7,21H,8-9H2,1-2H3,(H,17,20). The molecule has 7 heteroatoms. The maximum absolute atomic E-state index is 11.9. The summed E-state index contributed by atoms with van der Waals surface area (Å²) in [6.45, 7) is 1.87. The first-order valence-corrected chi connectivity index (χ1v) is 7.66. The minimum Gasteiger partial charge on any atom is -0.503 e. The van der Waals surface area contributed by atoms with Crippen LogP contribution in [0.25, 0.3) is 0 Å². The summed E-state index contributed by atoms with van der Waals surface area (Å²) in [5.74, 6) is -0.299. The van der Waals surface area contributed by atoms with Crippen LogP contribution in [0.1, 0.15) is 11.4 Å². The van der Waals surface area contributed by atoms with Crippen molar-refractivity contribution in [3.05, 3.63) is 52.1 Å². The largest absolute Gasteiger partial charge is 0.503 e. The Hall–Kier alpha value is -2.28. The second-order valence-corrected chi connectivity index (χ2v) is 5.73. The van der Waals surface area contributed by atoms with Crippen molar-refractivity contribution in [2.45, 2.75) is 18.5 Å². The first kappa shape index (κ1) is 16.1. The molecule has 2 aromatic heterocycles. The van der Waals surface area contributed by atoms with E-state index in [2.05, 4.69) is 10.3 Å². The minimum atomic E-state index is -0.442. The molecule has 22 heavy (non-hydrogen) atoms. The topological polar surface area (TPSA) is 84.2 Å². The summed E-state index contributed by atoms with van der Waals surface area (Å²) in [7, 11) is 1.73. The van der Waals surface area contributed by atoms with Crippen LogP contribution in [0.15, 0.2) is 40.3 Å². The van der Waals surface area contributed by atoms with Crippen LogP contribution in [0.3, 0.4) is 0 Å². The lowest BCUT2D eigenvalue weighted by Gasteiger charge is -2.14. The van der Waals surface area contributed by atoms with Gasteiger partial charge in [0.15, 0.2) is 5.75 Å². The quantitative estimate of drug-likeness (QED) is 0.809. The van der Waals surface area contributed by atoms with E-state index in [1.165, 1.54) is 17.8 Å². The summed E-state index contributed by atoms with van der Waals surface area (Å²) < 4.78 is 1.68. The molecule has 0 unspecified atom stereocenters. The molecule has 0 atom stereocenters. The molecule has 0 aliphatic rings. The van der Waals surface area contributed by atoms with Gasteiger partial charge in [0, 0.05) is 25.0 Å². The molecule has 0 aromatic carbocycles. The van der Waals surface area contributed by atoms with Gasteiger partial charge in [0.25, 0.3) is 0 Å². The van der Waals surface area contributed by atoms with E-state index in [1.54, 1.807) is 24.7 Å². The van der Waals surface area contributed by atoms with Crippen LogP contribution in [0.2, 0.25) is 0 Å². The highest BCUT2D eigenvalue weighted by Gasteiger charge is 2.12. The van der Waals surface area contributed by atoms with Gasteiger partial charge in [0.2, 0.25) is 11.3 Å². The molecule has 0 spiro atoms. The predicted molar refractivity (Wildman–Crippen MR) is 84.9 cm³/mol. The number of hydrogen-bond donors (Lipinski definition) is 2. The molecule has 2 N–H and O–H groups in total. The summed E-state index contributed by atoms with van der Waals surface area (Å²) in [4.78, 5) is 27.6. The van der Waals surface area contributed by atoms with Crippen LogP contribution in [0.5, 0.6) is 5.75 Å². The van der Waals surface area contributed by atoms with E-state index in [4.69, 9.17) is 0 Å². The van der Waals surface area contributed by atoms with Gasteiger partial charge in [-0.3, -0.25) is 9.59 Å². The molecular formula is C15H17N3O3S. The molecule has 0 radical (unpaired) electrons. The van der Waals surface area contributed by atoms with Crippen LogP contribution in [-0.2, 0) is 18.4 Å².